The van der Waals surface area contributed by atoms with Crippen molar-refractivity contribution in [2.45, 2.75) is 38.1 Å². The van der Waals surface area contributed by atoms with Crippen molar-refractivity contribution in [3.05, 3.63) is 68.5 Å². The van der Waals surface area contributed by atoms with Crippen molar-refractivity contribution in [2.75, 3.05) is 6.61 Å². The van der Waals surface area contributed by atoms with Crippen LogP contribution in [0, 0.1) is 0 Å². The normalized spacial score (nSPS) is 23.0. The van der Waals surface area contributed by atoms with E-state index in [-0.39, 0.29) is 25.2 Å². The molecule has 1 aromatic carbocycles. The summed E-state index contributed by atoms with van der Waals surface area (Å²) in [5.41, 5.74) is 0.0977. The van der Waals surface area contributed by atoms with Crippen LogP contribution in [-0.4, -0.2) is 38.6 Å². The molecule has 1 aliphatic rings. The maximum Gasteiger partial charge on any atom is 0.330 e. The van der Waals surface area contributed by atoms with Gasteiger partial charge in [0.15, 0.2) is 0 Å². The van der Waals surface area contributed by atoms with Crippen molar-refractivity contribution in [1.29, 1.82) is 0 Å². The number of nitrogens with zero attached hydrogens (tertiary/aromatic N) is 1. The quantitative estimate of drug-likeness (QED) is 0.671. The second-order valence-corrected chi connectivity index (χ2v) is 5.91. The zero-order chi connectivity index (χ0) is 17.8. The Morgan fingerprint density at radius 3 is 2.68 bits per heavy atom. The molecule has 0 aliphatic carbocycles. The molecule has 0 spiro atoms. The first kappa shape index (κ1) is 17.6. The van der Waals surface area contributed by atoms with E-state index in [0.29, 0.717) is 6.61 Å². The predicted molar refractivity (Wildman–Crippen MR) is 87.9 cm³/mol. The van der Waals surface area contributed by atoms with E-state index in [1.54, 1.807) is 0 Å². The van der Waals surface area contributed by atoms with E-state index in [9.17, 15) is 14.7 Å². The van der Waals surface area contributed by atoms with Crippen molar-refractivity contribution in [1.82, 2.24) is 9.55 Å². The van der Waals surface area contributed by atoms with Gasteiger partial charge in [-0.15, -0.1) is 0 Å². The van der Waals surface area contributed by atoms with Crippen LogP contribution in [0.25, 0.3) is 0 Å². The highest BCUT2D eigenvalue weighted by atomic mass is 16.5. The molecule has 8 heteroatoms. The maximum absolute atomic E-state index is 12.0. The van der Waals surface area contributed by atoms with Gasteiger partial charge in [-0.3, -0.25) is 14.3 Å². The zero-order valence-corrected chi connectivity index (χ0v) is 13.5. The SMILES string of the molecule is O=c1[nH]c(=O)n([C@H]2CC(O)[C@@H](CO)O2)cc1COCc1ccccc1. The molecule has 0 saturated carbocycles. The van der Waals surface area contributed by atoms with Gasteiger partial charge in [0.2, 0.25) is 0 Å². The third-order valence-electron chi connectivity index (χ3n) is 4.11. The Bertz CT molecular complexity index is 816. The first-order valence-electron chi connectivity index (χ1n) is 7.99. The summed E-state index contributed by atoms with van der Waals surface area (Å²) in [4.78, 5) is 26.2. The Morgan fingerprint density at radius 1 is 1.24 bits per heavy atom. The first-order chi connectivity index (χ1) is 12.1. The molecule has 25 heavy (non-hydrogen) atoms. The van der Waals surface area contributed by atoms with E-state index in [1.165, 1.54) is 10.8 Å². The Labute approximate surface area is 143 Å². The predicted octanol–water partition coefficient (Wildman–Crippen LogP) is -0.106. The summed E-state index contributed by atoms with van der Waals surface area (Å²) in [6.45, 7) is 0.0245. The lowest BCUT2D eigenvalue weighted by Crippen LogP contribution is -2.34. The number of H-pyrrole nitrogens is 1. The second kappa shape index (κ2) is 7.75. The van der Waals surface area contributed by atoms with Gasteiger partial charge in [0, 0.05) is 12.6 Å². The second-order valence-electron chi connectivity index (χ2n) is 5.91. The third-order valence-corrected chi connectivity index (χ3v) is 4.11. The van der Waals surface area contributed by atoms with E-state index < -0.39 is 29.7 Å². The highest BCUT2D eigenvalue weighted by molar-refractivity contribution is 5.13. The molecule has 2 heterocycles. The number of ether oxygens (including phenoxy) is 2. The van der Waals surface area contributed by atoms with Gasteiger partial charge < -0.3 is 19.7 Å². The largest absolute Gasteiger partial charge is 0.394 e. The van der Waals surface area contributed by atoms with Gasteiger partial charge in [0.25, 0.3) is 5.56 Å². The summed E-state index contributed by atoms with van der Waals surface area (Å²) in [5, 5.41) is 18.9. The van der Waals surface area contributed by atoms with Crippen LogP contribution in [0.5, 0.6) is 0 Å². The third kappa shape index (κ3) is 4.05. The number of aliphatic hydroxyl groups is 2. The lowest BCUT2D eigenvalue weighted by molar-refractivity contribution is -0.0461. The average Bonchev–Trinajstić information content (AvgIpc) is 2.98. The molecule has 1 aromatic heterocycles. The van der Waals surface area contributed by atoms with E-state index in [2.05, 4.69) is 4.98 Å². The van der Waals surface area contributed by atoms with Gasteiger partial charge in [0.1, 0.15) is 12.3 Å². The summed E-state index contributed by atoms with van der Waals surface area (Å²) in [6, 6.07) is 9.51. The van der Waals surface area contributed by atoms with Crippen molar-refractivity contribution < 1.29 is 19.7 Å². The lowest BCUT2D eigenvalue weighted by atomic mass is 10.2. The standard InChI is InChI=1S/C17H20N2O6/c20-8-14-13(21)6-15(25-14)19-7-12(16(22)18-17(19)23)10-24-9-11-4-2-1-3-5-11/h1-5,7,13-15,20-21H,6,8-10H2,(H,18,22,23)/t13?,14-,15-/m1/s1. The summed E-state index contributed by atoms with van der Waals surface area (Å²) in [7, 11) is 0. The first-order valence-corrected chi connectivity index (χ1v) is 7.99. The lowest BCUT2D eigenvalue weighted by Gasteiger charge is -2.15. The molecule has 3 N–H and O–H groups in total. The number of aromatic nitrogens is 2. The van der Waals surface area contributed by atoms with Crippen LogP contribution in [0.2, 0.25) is 0 Å². The monoisotopic (exact) mass is 348 g/mol. The Balaban J connectivity index is 1.72. The minimum atomic E-state index is -0.869. The molecular formula is C17H20N2O6. The molecule has 2 aromatic rings. The van der Waals surface area contributed by atoms with Crippen molar-refractivity contribution in [3.8, 4) is 0 Å². The number of hydrogen-bond acceptors (Lipinski definition) is 6. The fourth-order valence-corrected chi connectivity index (χ4v) is 2.75. The minimum Gasteiger partial charge on any atom is -0.394 e. The van der Waals surface area contributed by atoms with Crippen LogP contribution in [-0.2, 0) is 22.7 Å². The number of benzene rings is 1. The topological polar surface area (TPSA) is 114 Å². The van der Waals surface area contributed by atoms with Crippen LogP contribution >= 0.6 is 0 Å². The van der Waals surface area contributed by atoms with Gasteiger partial charge in [-0.25, -0.2) is 4.79 Å². The fourth-order valence-electron chi connectivity index (χ4n) is 2.75. The van der Waals surface area contributed by atoms with Crippen LogP contribution < -0.4 is 11.2 Å². The average molecular weight is 348 g/mol. The molecule has 3 atom stereocenters. The molecule has 1 unspecified atom stereocenters. The number of rotatable bonds is 6. The molecule has 0 amide bonds. The molecule has 1 aliphatic heterocycles. The van der Waals surface area contributed by atoms with Crippen molar-refractivity contribution in [3.63, 3.8) is 0 Å². The van der Waals surface area contributed by atoms with E-state index >= 15 is 0 Å². The summed E-state index contributed by atoms with van der Waals surface area (Å²) in [6.07, 6.45) is -0.831. The fraction of sp³-hybridized carbons (Fsp3) is 0.412. The molecular weight excluding hydrogens is 328 g/mol. The molecule has 1 saturated heterocycles. The molecule has 0 radical (unpaired) electrons. The number of aromatic amines is 1. The van der Waals surface area contributed by atoms with Crippen LogP contribution in [0.4, 0.5) is 0 Å². The van der Waals surface area contributed by atoms with Gasteiger partial charge in [-0.1, -0.05) is 30.3 Å². The van der Waals surface area contributed by atoms with Gasteiger partial charge in [0.05, 0.1) is 31.5 Å². The van der Waals surface area contributed by atoms with Gasteiger partial charge >= 0.3 is 5.69 Å². The van der Waals surface area contributed by atoms with Crippen molar-refractivity contribution in [2.24, 2.45) is 0 Å². The maximum atomic E-state index is 12.0. The molecule has 134 valence electrons. The van der Waals surface area contributed by atoms with Gasteiger partial charge in [-0.2, -0.15) is 0 Å². The minimum absolute atomic E-state index is 0.0310. The zero-order valence-electron chi connectivity index (χ0n) is 13.5. The molecule has 3 rings (SSSR count). The van der Waals surface area contributed by atoms with E-state index in [1.807, 2.05) is 30.3 Å². The number of hydrogen-bond donors (Lipinski definition) is 3. The Morgan fingerprint density at radius 2 is 2.00 bits per heavy atom. The Hall–Kier alpha value is -2.26. The van der Waals surface area contributed by atoms with Crippen LogP contribution in [0.3, 0.4) is 0 Å². The summed E-state index contributed by atoms with van der Waals surface area (Å²) >= 11 is 0. The van der Waals surface area contributed by atoms with Crippen LogP contribution in [0.1, 0.15) is 23.8 Å². The highest BCUT2D eigenvalue weighted by Crippen LogP contribution is 2.27. The Kier molecular flexibility index (Phi) is 5.44. The summed E-state index contributed by atoms with van der Waals surface area (Å²) < 4.78 is 12.2. The molecule has 8 nitrogen and oxygen atoms in total. The number of nitrogens with one attached hydrogen (secondary N) is 1. The number of aliphatic hydroxyl groups excluding tert-OH is 2. The molecule has 0 bridgehead atoms. The van der Waals surface area contributed by atoms with Gasteiger partial charge in [-0.05, 0) is 5.56 Å². The summed E-state index contributed by atoms with van der Waals surface area (Å²) in [5.74, 6) is 0. The van der Waals surface area contributed by atoms with Crippen molar-refractivity contribution >= 4 is 0 Å². The van der Waals surface area contributed by atoms with E-state index in [0.717, 1.165) is 5.56 Å². The smallest absolute Gasteiger partial charge is 0.330 e. The van der Waals surface area contributed by atoms with E-state index in [4.69, 9.17) is 14.6 Å². The van der Waals surface area contributed by atoms with Crippen LogP contribution in [0.15, 0.2) is 46.1 Å². The highest BCUT2D eigenvalue weighted by Gasteiger charge is 2.35. The molecule has 1 fully saturated rings.